The predicted octanol–water partition coefficient (Wildman–Crippen LogP) is 3.26. The molecule has 0 aliphatic carbocycles. The van der Waals surface area contributed by atoms with Gasteiger partial charge in [0, 0.05) is 39.3 Å². The van der Waals surface area contributed by atoms with Gasteiger partial charge in [0.2, 0.25) is 0 Å². The number of carbonyl (C=O) groups excluding carboxylic acids is 1. The van der Waals surface area contributed by atoms with E-state index in [1.807, 2.05) is 24.3 Å². The number of hydrogen-bond acceptors (Lipinski definition) is 4. The van der Waals surface area contributed by atoms with Crippen LogP contribution < -0.4 is 15.6 Å². The van der Waals surface area contributed by atoms with E-state index in [0.29, 0.717) is 22.9 Å². The molecule has 2 aromatic carbocycles. The van der Waals surface area contributed by atoms with E-state index in [1.165, 1.54) is 0 Å². The van der Waals surface area contributed by atoms with Crippen LogP contribution in [-0.4, -0.2) is 11.0 Å². The van der Waals surface area contributed by atoms with Gasteiger partial charge in [-0.2, -0.15) is 0 Å². The van der Waals surface area contributed by atoms with Crippen LogP contribution in [0.25, 0.3) is 10.9 Å². The molecule has 0 unspecified atom stereocenters. The van der Waals surface area contributed by atoms with Gasteiger partial charge in [-0.05, 0) is 42.5 Å². The van der Waals surface area contributed by atoms with Gasteiger partial charge in [0.25, 0.3) is 5.56 Å². The monoisotopic (exact) mass is 340 g/mol. The lowest BCUT2D eigenvalue weighted by Gasteiger charge is -2.08. The second-order valence-corrected chi connectivity index (χ2v) is 6.12. The summed E-state index contributed by atoms with van der Waals surface area (Å²) < 4.78 is 5.07. The highest BCUT2D eigenvalue weighted by atomic mass is 35.5. The van der Waals surface area contributed by atoms with Crippen LogP contribution in [0.2, 0.25) is 5.02 Å². The Hall–Kier alpha value is -2.79. The van der Waals surface area contributed by atoms with Crippen LogP contribution in [-0.2, 0) is 17.8 Å². The van der Waals surface area contributed by atoms with Crippen molar-refractivity contribution in [2.24, 2.45) is 0 Å². The SMILES string of the molecule is O=C1Cc2cc(NCc3cc4cc(Cl)ccc4[nH]c3=O)ccc2O1. The molecule has 120 valence electrons. The third-order valence-corrected chi connectivity index (χ3v) is 4.22. The van der Waals surface area contributed by atoms with Crippen molar-refractivity contribution in [3.8, 4) is 5.75 Å². The fourth-order valence-corrected chi connectivity index (χ4v) is 2.97. The Bertz CT molecular complexity index is 1030. The van der Waals surface area contributed by atoms with Gasteiger partial charge in [-0.3, -0.25) is 9.59 Å². The Labute approximate surface area is 142 Å². The molecule has 24 heavy (non-hydrogen) atoms. The molecule has 0 fully saturated rings. The molecule has 0 bridgehead atoms. The van der Waals surface area contributed by atoms with Crippen molar-refractivity contribution in [3.63, 3.8) is 0 Å². The number of H-pyrrole nitrogens is 1. The molecule has 3 aromatic rings. The molecule has 1 aromatic heterocycles. The maximum Gasteiger partial charge on any atom is 0.315 e. The number of nitrogens with one attached hydrogen (secondary N) is 2. The predicted molar refractivity (Wildman–Crippen MR) is 92.7 cm³/mol. The van der Waals surface area contributed by atoms with Crippen molar-refractivity contribution < 1.29 is 9.53 Å². The molecule has 0 atom stereocenters. The lowest BCUT2D eigenvalue weighted by Crippen LogP contribution is -2.15. The molecule has 1 aliphatic heterocycles. The van der Waals surface area contributed by atoms with Crippen molar-refractivity contribution >= 4 is 34.2 Å². The summed E-state index contributed by atoms with van der Waals surface area (Å²) in [7, 11) is 0. The number of halogens is 1. The van der Waals surface area contributed by atoms with Gasteiger partial charge in [0.1, 0.15) is 5.75 Å². The van der Waals surface area contributed by atoms with Crippen LogP contribution in [0.15, 0.2) is 47.3 Å². The largest absolute Gasteiger partial charge is 0.426 e. The number of anilines is 1. The first kappa shape index (κ1) is 14.8. The zero-order valence-electron chi connectivity index (χ0n) is 12.6. The summed E-state index contributed by atoms with van der Waals surface area (Å²) in [5, 5.41) is 4.71. The van der Waals surface area contributed by atoms with E-state index in [2.05, 4.69) is 10.3 Å². The minimum atomic E-state index is -0.245. The summed E-state index contributed by atoms with van der Waals surface area (Å²) in [5.74, 6) is 0.355. The zero-order valence-corrected chi connectivity index (χ0v) is 13.3. The summed E-state index contributed by atoms with van der Waals surface area (Å²) >= 11 is 6.00. The Balaban J connectivity index is 1.59. The van der Waals surface area contributed by atoms with Gasteiger partial charge in [-0.1, -0.05) is 11.6 Å². The van der Waals surface area contributed by atoms with Crippen molar-refractivity contribution in [2.45, 2.75) is 13.0 Å². The minimum Gasteiger partial charge on any atom is -0.426 e. The van der Waals surface area contributed by atoms with E-state index in [-0.39, 0.29) is 17.9 Å². The van der Waals surface area contributed by atoms with Crippen molar-refractivity contribution in [3.05, 3.63) is 69.0 Å². The number of pyridine rings is 1. The fraction of sp³-hybridized carbons (Fsp3) is 0.111. The summed E-state index contributed by atoms with van der Waals surface area (Å²) in [4.78, 5) is 26.3. The molecular weight excluding hydrogens is 328 g/mol. The number of aromatic nitrogens is 1. The van der Waals surface area contributed by atoms with Gasteiger partial charge in [0.15, 0.2) is 0 Å². The number of hydrogen-bond donors (Lipinski definition) is 2. The molecule has 2 heterocycles. The number of carbonyl (C=O) groups is 1. The number of esters is 1. The molecule has 0 saturated heterocycles. The van der Waals surface area contributed by atoms with Crippen molar-refractivity contribution in [1.29, 1.82) is 0 Å². The number of benzene rings is 2. The third kappa shape index (κ3) is 2.74. The van der Waals surface area contributed by atoms with E-state index in [0.717, 1.165) is 22.2 Å². The van der Waals surface area contributed by atoms with E-state index in [4.69, 9.17) is 16.3 Å². The molecule has 0 amide bonds. The molecule has 2 N–H and O–H groups in total. The molecule has 0 spiro atoms. The van der Waals surface area contributed by atoms with Gasteiger partial charge in [0.05, 0.1) is 6.42 Å². The van der Waals surface area contributed by atoms with Crippen LogP contribution in [0.5, 0.6) is 5.75 Å². The van der Waals surface area contributed by atoms with Gasteiger partial charge < -0.3 is 15.0 Å². The Morgan fingerprint density at radius 2 is 2.00 bits per heavy atom. The first-order valence-electron chi connectivity index (χ1n) is 7.47. The summed E-state index contributed by atoms with van der Waals surface area (Å²) in [6.45, 7) is 0.366. The number of fused-ring (bicyclic) bond motifs is 2. The van der Waals surface area contributed by atoms with Crippen LogP contribution in [0.4, 0.5) is 5.69 Å². The second-order valence-electron chi connectivity index (χ2n) is 5.68. The zero-order chi connectivity index (χ0) is 16.7. The smallest absolute Gasteiger partial charge is 0.315 e. The molecule has 4 rings (SSSR count). The topological polar surface area (TPSA) is 71.2 Å². The van der Waals surface area contributed by atoms with Crippen LogP contribution in [0.3, 0.4) is 0 Å². The quantitative estimate of drug-likeness (QED) is 0.567. The Morgan fingerprint density at radius 1 is 1.12 bits per heavy atom. The Kier molecular flexibility index (Phi) is 3.50. The lowest BCUT2D eigenvalue weighted by molar-refractivity contribution is -0.131. The van der Waals surface area contributed by atoms with Gasteiger partial charge >= 0.3 is 5.97 Å². The van der Waals surface area contributed by atoms with E-state index in [9.17, 15) is 9.59 Å². The summed E-state index contributed by atoms with van der Waals surface area (Å²) in [5.41, 5.74) is 2.90. The maximum atomic E-state index is 12.2. The first-order chi connectivity index (χ1) is 11.6. The lowest BCUT2D eigenvalue weighted by atomic mass is 10.1. The van der Waals surface area contributed by atoms with Crippen molar-refractivity contribution in [2.75, 3.05) is 5.32 Å². The van der Waals surface area contributed by atoms with Gasteiger partial charge in [-0.15, -0.1) is 0 Å². The highest BCUT2D eigenvalue weighted by molar-refractivity contribution is 6.31. The molecule has 0 radical (unpaired) electrons. The molecule has 0 saturated carbocycles. The Morgan fingerprint density at radius 3 is 2.88 bits per heavy atom. The molecular formula is C18H13ClN2O3. The standard InChI is InChI=1S/C18H13ClN2O3/c19-13-1-3-15-10(6-13)5-12(18(23)21-15)9-20-14-2-4-16-11(7-14)8-17(22)24-16/h1-7,20H,8-9H2,(H,21,23). The van der Waals surface area contributed by atoms with E-state index in [1.54, 1.807) is 18.2 Å². The summed E-state index contributed by atoms with van der Waals surface area (Å²) in [6, 6.07) is 12.6. The maximum absolute atomic E-state index is 12.2. The average Bonchev–Trinajstić information content (AvgIpc) is 2.92. The average molecular weight is 341 g/mol. The first-order valence-corrected chi connectivity index (χ1v) is 7.85. The van der Waals surface area contributed by atoms with E-state index < -0.39 is 0 Å². The highest BCUT2D eigenvalue weighted by Gasteiger charge is 2.20. The van der Waals surface area contributed by atoms with Crippen molar-refractivity contribution in [1.82, 2.24) is 4.98 Å². The van der Waals surface area contributed by atoms with Crippen LogP contribution in [0.1, 0.15) is 11.1 Å². The van der Waals surface area contributed by atoms with E-state index >= 15 is 0 Å². The summed E-state index contributed by atoms with van der Waals surface area (Å²) in [6.07, 6.45) is 0.278. The molecule has 1 aliphatic rings. The highest BCUT2D eigenvalue weighted by Crippen LogP contribution is 2.28. The number of ether oxygens (including phenoxy) is 1. The molecule has 6 heteroatoms. The second kappa shape index (κ2) is 5.69. The minimum absolute atomic E-state index is 0.142. The third-order valence-electron chi connectivity index (χ3n) is 3.99. The number of rotatable bonds is 3. The molecule has 5 nitrogen and oxygen atoms in total. The number of aromatic amines is 1. The van der Waals surface area contributed by atoms with Crippen LogP contribution >= 0.6 is 11.6 Å². The van der Waals surface area contributed by atoms with Gasteiger partial charge in [-0.25, -0.2) is 0 Å². The van der Waals surface area contributed by atoms with Crippen LogP contribution in [0, 0.1) is 0 Å². The fourth-order valence-electron chi connectivity index (χ4n) is 2.79. The normalized spacial score (nSPS) is 13.0.